The molecule has 2 aromatic rings. The maximum absolute atomic E-state index is 12.3. The Morgan fingerprint density at radius 1 is 1.48 bits per heavy atom. The Morgan fingerprint density at radius 3 is 3.00 bits per heavy atom. The molecule has 1 aliphatic rings. The van der Waals surface area contributed by atoms with Crippen molar-refractivity contribution in [1.29, 1.82) is 0 Å². The molecule has 0 spiro atoms. The van der Waals surface area contributed by atoms with Crippen molar-refractivity contribution in [2.75, 3.05) is 20.7 Å². The predicted octanol–water partition coefficient (Wildman–Crippen LogP) is 1.77. The van der Waals surface area contributed by atoms with Crippen molar-refractivity contribution in [3.05, 3.63) is 36.1 Å². The van der Waals surface area contributed by atoms with E-state index in [0.29, 0.717) is 6.54 Å². The van der Waals surface area contributed by atoms with E-state index in [1.807, 2.05) is 42.3 Å². The minimum absolute atomic E-state index is 0.0255. The largest absolute Gasteiger partial charge is 0.459 e. The van der Waals surface area contributed by atoms with Gasteiger partial charge in [-0.2, -0.15) is 0 Å². The van der Waals surface area contributed by atoms with E-state index in [1.165, 1.54) is 0 Å². The van der Waals surface area contributed by atoms with Gasteiger partial charge in [-0.3, -0.25) is 9.69 Å². The second-order valence-corrected chi connectivity index (χ2v) is 5.52. The Labute approximate surface area is 123 Å². The van der Waals surface area contributed by atoms with Gasteiger partial charge in [0, 0.05) is 19.0 Å². The van der Waals surface area contributed by atoms with Gasteiger partial charge in [-0.1, -0.05) is 18.2 Å². The molecule has 0 unspecified atom stereocenters. The molecule has 0 radical (unpaired) electrons. The number of fused-ring (bicyclic) bond motifs is 1. The summed E-state index contributed by atoms with van der Waals surface area (Å²) in [6.07, 6.45) is 0.871. The number of ether oxygens (including phenoxy) is 1. The summed E-state index contributed by atoms with van der Waals surface area (Å²) in [5.41, 5.74) is 0.846. The molecule has 5 nitrogen and oxygen atoms in total. The molecule has 2 heterocycles. The molecule has 1 aromatic carbocycles. The molecule has 1 saturated heterocycles. The van der Waals surface area contributed by atoms with E-state index in [9.17, 15) is 4.79 Å². The molecule has 1 N–H and O–H groups in total. The second-order valence-electron chi connectivity index (χ2n) is 5.52. The molecule has 1 aromatic heterocycles. The highest BCUT2D eigenvalue weighted by Crippen LogP contribution is 2.20. The number of benzene rings is 1. The molecule has 2 atom stereocenters. The summed E-state index contributed by atoms with van der Waals surface area (Å²) in [6, 6.07) is 9.67. The van der Waals surface area contributed by atoms with Gasteiger partial charge in [0.15, 0.2) is 0 Å². The Balaban J connectivity index is 1.60. The molecule has 3 rings (SSSR count). The number of para-hydroxylation sites is 1. The van der Waals surface area contributed by atoms with E-state index in [2.05, 4.69) is 5.32 Å². The highest BCUT2D eigenvalue weighted by Gasteiger charge is 2.34. The number of carbonyl (C=O) groups excluding carboxylic acids is 1. The normalized spacial score (nSPS) is 22.8. The van der Waals surface area contributed by atoms with Crippen molar-refractivity contribution in [1.82, 2.24) is 10.2 Å². The topological polar surface area (TPSA) is 54.7 Å². The molecular weight excluding hydrogens is 268 g/mol. The summed E-state index contributed by atoms with van der Waals surface area (Å²) < 4.78 is 11.0. The summed E-state index contributed by atoms with van der Waals surface area (Å²) in [7, 11) is 3.64. The Hall–Kier alpha value is -1.85. The van der Waals surface area contributed by atoms with Crippen LogP contribution in [-0.2, 0) is 16.1 Å². The molecule has 0 bridgehead atoms. The maximum Gasteiger partial charge on any atom is 0.237 e. The zero-order chi connectivity index (χ0) is 14.8. The number of hydrogen-bond acceptors (Lipinski definition) is 4. The van der Waals surface area contributed by atoms with Crippen LogP contribution in [0.15, 0.2) is 34.7 Å². The number of nitrogens with one attached hydrogen (secondary N) is 1. The Bertz CT molecular complexity index is 604. The van der Waals surface area contributed by atoms with Crippen LogP contribution in [0, 0.1) is 0 Å². The lowest BCUT2D eigenvalue weighted by atomic mass is 10.2. The fourth-order valence-corrected chi connectivity index (χ4v) is 2.85. The van der Waals surface area contributed by atoms with Crippen LogP contribution in [-0.4, -0.2) is 43.7 Å². The van der Waals surface area contributed by atoms with Gasteiger partial charge < -0.3 is 14.5 Å². The van der Waals surface area contributed by atoms with E-state index < -0.39 is 0 Å². The fourth-order valence-electron chi connectivity index (χ4n) is 2.85. The van der Waals surface area contributed by atoms with E-state index in [1.54, 1.807) is 7.11 Å². The molecule has 0 saturated carbocycles. The Morgan fingerprint density at radius 2 is 2.29 bits per heavy atom. The highest BCUT2D eigenvalue weighted by atomic mass is 16.5. The number of amides is 1. The molecule has 21 heavy (non-hydrogen) atoms. The van der Waals surface area contributed by atoms with Crippen LogP contribution in [0.2, 0.25) is 0 Å². The van der Waals surface area contributed by atoms with Gasteiger partial charge in [0.1, 0.15) is 11.3 Å². The molecule has 5 heteroatoms. The zero-order valence-electron chi connectivity index (χ0n) is 12.3. The number of methoxy groups -OCH3 is 1. The van der Waals surface area contributed by atoms with Crippen LogP contribution in [0.25, 0.3) is 11.0 Å². The highest BCUT2D eigenvalue weighted by molar-refractivity contribution is 5.82. The fraction of sp³-hybridized carbons (Fsp3) is 0.438. The van der Waals surface area contributed by atoms with Gasteiger partial charge in [-0.05, 0) is 25.6 Å². The zero-order valence-corrected chi connectivity index (χ0v) is 12.3. The van der Waals surface area contributed by atoms with Crippen molar-refractivity contribution in [3.8, 4) is 0 Å². The van der Waals surface area contributed by atoms with E-state index >= 15 is 0 Å². The first kappa shape index (κ1) is 14.1. The van der Waals surface area contributed by atoms with E-state index in [-0.39, 0.29) is 18.1 Å². The smallest absolute Gasteiger partial charge is 0.237 e. The van der Waals surface area contributed by atoms with Gasteiger partial charge in [0.05, 0.1) is 18.7 Å². The van der Waals surface area contributed by atoms with Gasteiger partial charge in [-0.25, -0.2) is 0 Å². The third-order valence-electron chi connectivity index (χ3n) is 4.06. The molecule has 0 aliphatic carbocycles. The predicted molar refractivity (Wildman–Crippen MR) is 79.9 cm³/mol. The molecule has 1 amide bonds. The van der Waals surface area contributed by atoms with Crippen LogP contribution in [0.3, 0.4) is 0 Å². The van der Waals surface area contributed by atoms with Gasteiger partial charge in [-0.15, -0.1) is 0 Å². The second kappa shape index (κ2) is 5.87. The molecule has 1 aliphatic heterocycles. The van der Waals surface area contributed by atoms with Gasteiger partial charge >= 0.3 is 0 Å². The van der Waals surface area contributed by atoms with Crippen LogP contribution in [0.1, 0.15) is 12.2 Å². The minimum atomic E-state index is -0.126. The minimum Gasteiger partial charge on any atom is -0.459 e. The van der Waals surface area contributed by atoms with Crippen molar-refractivity contribution < 1.29 is 13.9 Å². The summed E-state index contributed by atoms with van der Waals surface area (Å²) in [5.74, 6) is 0.797. The quantitative estimate of drug-likeness (QED) is 0.931. The first-order valence-electron chi connectivity index (χ1n) is 7.15. The van der Waals surface area contributed by atoms with Crippen molar-refractivity contribution >= 4 is 16.9 Å². The average Bonchev–Trinajstić information content (AvgIpc) is 3.07. The van der Waals surface area contributed by atoms with Gasteiger partial charge in [0.2, 0.25) is 5.91 Å². The van der Waals surface area contributed by atoms with E-state index in [0.717, 1.165) is 29.7 Å². The lowest BCUT2D eigenvalue weighted by molar-refractivity contribution is -0.125. The third-order valence-corrected chi connectivity index (χ3v) is 4.06. The van der Waals surface area contributed by atoms with Gasteiger partial charge in [0.25, 0.3) is 0 Å². The number of hydrogen-bond donors (Lipinski definition) is 1. The lowest BCUT2D eigenvalue weighted by Gasteiger charge is -2.17. The van der Waals surface area contributed by atoms with Crippen molar-refractivity contribution in [2.45, 2.75) is 25.1 Å². The number of furan rings is 1. The van der Waals surface area contributed by atoms with Crippen LogP contribution >= 0.6 is 0 Å². The Kier molecular flexibility index (Phi) is 3.94. The number of carbonyl (C=O) groups is 1. The number of likely N-dealkylation sites (tertiary alicyclic amines) is 1. The number of likely N-dealkylation sites (N-methyl/N-ethyl adjacent to an activating group) is 1. The lowest BCUT2D eigenvalue weighted by Crippen LogP contribution is -2.40. The maximum atomic E-state index is 12.3. The van der Waals surface area contributed by atoms with E-state index in [4.69, 9.17) is 9.15 Å². The molecule has 1 fully saturated rings. The van der Waals surface area contributed by atoms with Crippen molar-refractivity contribution in [3.63, 3.8) is 0 Å². The standard InChI is InChI=1S/C16H20N2O3/c1-18-10-13(20-2)8-14(18)16(19)17-9-12-7-11-5-3-4-6-15(11)21-12/h3-7,13-14H,8-10H2,1-2H3,(H,17,19)/t13-,14-/m0/s1. The summed E-state index contributed by atoms with van der Waals surface area (Å²) in [5, 5.41) is 4.00. The van der Waals surface area contributed by atoms with Crippen LogP contribution in [0.5, 0.6) is 0 Å². The van der Waals surface area contributed by atoms with Crippen LogP contribution in [0.4, 0.5) is 0 Å². The van der Waals surface area contributed by atoms with Crippen molar-refractivity contribution in [2.24, 2.45) is 0 Å². The number of nitrogens with zero attached hydrogens (tertiary/aromatic N) is 1. The van der Waals surface area contributed by atoms with Crippen LogP contribution < -0.4 is 5.32 Å². The summed E-state index contributed by atoms with van der Waals surface area (Å²) >= 11 is 0. The first-order chi connectivity index (χ1) is 10.2. The average molecular weight is 288 g/mol. The monoisotopic (exact) mass is 288 g/mol. The SMILES string of the molecule is CO[C@H]1C[C@@H](C(=O)NCc2cc3ccccc3o2)N(C)C1. The molecule has 112 valence electrons. The summed E-state index contributed by atoms with van der Waals surface area (Å²) in [4.78, 5) is 14.3. The number of rotatable bonds is 4. The third kappa shape index (κ3) is 2.94. The summed E-state index contributed by atoms with van der Waals surface area (Å²) in [6.45, 7) is 1.20. The molecular formula is C16H20N2O3. The first-order valence-corrected chi connectivity index (χ1v) is 7.15.